The number of carbonyl (C=O) groups is 1. The normalized spacial score (nSPS) is 12.0. The van der Waals surface area contributed by atoms with Gasteiger partial charge in [-0.1, -0.05) is 44.8 Å². The van der Waals surface area contributed by atoms with Gasteiger partial charge in [0.1, 0.15) is 5.76 Å². The third-order valence-electron chi connectivity index (χ3n) is 3.53. The smallest absolute Gasteiger partial charge is 0.303 e. The molecule has 0 aliphatic heterocycles. The summed E-state index contributed by atoms with van der Waals surface area (Å²) >= 11 is 0. The molecule has 0 aromatic rings. The molecule has 0 unspecified atom stereocenters. The first-order chi connectivity index (χ1) is 10.7. The van der Waals surface area contributed by atoms with Crippen molar-refractivity contribution >= 4 is 5.97 Å². The first-order valence-corrected chi connectivity index (χ1v) is 8.58. The minimum atomic E-state index is -0.696. The van der Waals surface area contributed by atoms with Gasteiger partial charge in [-0.05, 0) is 44.6 Å². The molecule has 0 saturated carbocycles. The van der Waals surface area contributed by atoms with E-state index in [4.69, 9.17) is 10.4 Å². The first kappa shape index (κ1) is 20.7. The maximum Gasteiger partial charge on any atom is 0.303 e. The molecule has 4 heteroatoms. The molecule has 0 aliphatic carbocycles. The quantitative estimate of drug-likeness (QED) is 0.134. The van der Waals surface area contributed by atoms with Crippen LogP contribution in [0.4, 0.5) is 0 Å². The van der Waals surface area contributed by atoms with Crippen molar-refractivity contribution in [2.45, 2.75) is 84.0 Å². The minimum absolute atomic E-state index is 0.293. The fraction of sp³-hybridized carbons (Fsp3) is 0.722. The molecule has 0 spiro atoms. The Balaban J connectivity index is 3.46. The van der Waals surface area contributed by atoms with Crippen molar-refractivity contribution in [1.82, 2.24) is 0 Å². The van der Waals surface area contributed by atoms with Crippen molar-refractivity contribution in [3.05, 3.63) is 24.0 Å². The minimum Gasteiger partial charge on any atom is -0.481 e. The van der Waals surface area contributed by atoms with Crippen molar-refractivity contribution in [2.24, 2.45) is 0 Å². The highest BCUT2D eigenvalue weighted by Gasteiger charge is 1.97. The molecule has 0 bridgehead atoms. The number of rotatable bonds is 15. The Labute approximate surface area is 134 Å². The van der Waals surface area contributed by atoms with E-state index < -0.39 is 5.97 Å². The van der Waals surface area contributed by atoms with Gasteiger partial charge in [0.05, 0.1) is 0 Å². The zero-order valence-corrected chi connectivity index (χ0v) is 13.9. The van der Waals surface area contributed by atoms with Crippen LogP contribution in [0, 0.1) is 0 Å². The van der Waals surface area contributed by atoms with Crippen LogP contribution in [0.5, 0.6) is 0 Å². The summed E-state index contributed by atoms with van der Waals surface area (Å²) < 4.78 is 0. The van der Waals surface area contributed by atoms with Gasteiger partial charge >= 0.3 is 5.97 Å². The molecule has 22 heavy (non-hydrogen) atoms. The maximum absolute atomic E-state index is 10.3. The van der Waals surface area contributed by atoms with Crippen molar-refractivity contribution in [3.8, 4) is 0 Å². The summed E-state index contributed by atoms with van der Waals surface area (Å²) in [5, 5.41) is 17.3. The Kier molecular flexibility index (Phi) is 15.1. The lowest BCUT2D eigenvalue weighted by atomic mass is 10.1. The van der Waals surface area contributed by atoms with Crippen molar-refractivity contribution in [2.75, 3.05) is 0 Å². The Bertz CT molecular complexity index is 321. The molecule has 0 aromatic carbocycles. The second-order valence-electron chi connectivity index (χ2n) is 5.61. The van der Waals surface area contributed by atoms with E-state index in [1.54, 1.807) is 0 Å². The lowest BCUT2D eigenvalue weighted by Crippen LogP contribution is -1.93. The lowest BCUT2D eigenvalue weighted by molar-refractivity contribution is -0.205. The molecule has 0 aliphatic rings. The van der Waals surface area contributed by atoms with E-state index in [-0.39, 0.29) is 0 Å². The number of carboxylic acids is 1. The van der Waals surface area contributed by atoms with Crippen LogP contribution in [-0.4, -0.2) is 16.3 Å². The van der Waals surface area contributed by atoms with Crippen LogP contribution in [0.2, 0.25) is 0 Å². The molecular formula is C18H32O4. The Hall–Kier alpha value is -1.29. The number of allylic oxidation sites excluding steroid dienone is 4. The van der Waals surface area contributed by atoms with Gasteiger partial charge in [-0.15, -0.1) is 0 Å². The average Bonchev–Trinajstić information content (AvgIpc) is 2.50. The molecule has 0 atom stereocenters. The summed E-state index contributed by atoms with van der Waals surface area (Å²) in [5.74, 6) is -0.0329. The molecule has 0 amide bonds. The van der Waals surface area contributed by atoms with Crippen LogP contribution in [0.15, 0.2) is 24.0 Å². The summed E-state index contributed by atoms with van der Waals surface area (Å²) in [6.45, 7) is 2.14. The van der Waals surface area contributed by atoms with E-state index in [0.29, 0.717) is 12.2 Å². The highest BCUT2D eigenvalue weighted by atomic mass is 17.1. The highest BCUT2D eigenvalue weighted by Crippen LogP contribution is 2.11. The standard InChI is InChI=1S/C18H32O4/c1-2-3-11-14-17(22-21)15-12-9-7-5-4-6-8-10-13-16-18(19)20/h7,9,14,21H,2-6,8,10-13,15-16H2,1H3,(H,19,20). The average molecular weight is 312 g/mol. The second kappa shape index (κ2) is 16.1. The van der Waals surface area contributed by atoms with Crippen LogP contribution in [0.25, 0.3) is 0 Å². The zero-order chi connectivity index (χ0) is 16.5. The van der Waals surface area contributed by atoms with Gasteiger partial charge in [0.25, 0.3) is 0 Å². The van der Waals surface area contributed by atoms with Gasteiger partial charge < -0.3 is 9.99 Å². The number of hydrogen-bond acceptors (Lipinski definition) is 3. The number of hydrogen-bond donors (Lipinski definition) is 2. The monoisotopic (exact) mass is 312 g/mol. The summed E-state index contributed by atoms with van der Waals surface area (Å²) in [5.41, 5.74) is 0. The van der Waals surface area contributed by atoms with Gasteiger partial charge in [0.2, 0.25) is 0 Å². The van der Waals surface area contributed by atoms with Gasteiger partial charge in [-0.25, -0.2) is 5.26 Å². The first-order valence-electron chi connectivity index (χ1n) is 8.58. The van der Waals surface area contributed by atoms with Crippen LogP contribution in [0.1, 0.15) is 84.0 Å². The fourth-order valence-electron chi connectivity index (χ4n) is 2.18. The summed E-state index contributed by atoms with van der Waals surface area (Å²) in [4.78, 5) is 14.7. The van der Waals surface area contributed by atoms with E-state index in [2.05, 4.69) is 24.0 Å². The van der Waals surface area contributed by atoms with Gasteiger partial charge in [-0.3, -0.25) is 4.79 Å². The van der Waals surface area contributed by atoms with E-state index in [1.807, 2.05) is 6.08 Å². The maximum atomic E-state index is 10.3. The molecule has 4 nitrogen and oxygen atoms in total. The zero-order valence-electron chi connectivity index (χ0n) is 13.9. The Morgan fingerprint density at radius 3 is 2.27 bits per heavy atom. The summed E-state index contributed by atoms with van der Waals surface area (Å²) in [6.07, 6.45) is 17.7. The van der Waals surface area contributed by atoms with E-state index in [1.165, 1.54) is 0 Å². The van der Waals surface area contributed by atoms with Gasteiger partial charge in [-0.2, -0.15) is 0 Å². The van der Waals surface area contributed by atoms with Crippen LogP contribution >= 0.6 is 0 Å². The topological polar surface area (TPSA) is 66.8 Å². The predicted octanol–water partition coefficient (Wildman–Crippen LogP) is 5.70. The molecule has 0 rings (SSSR count). The Morgan fingerprint density at radius 2 is 1.59 bits per heavy atom. The second-order valence-corrected chi connectivity index (χ2v) is 5.61. The molecule has 0 saturated heterocycles. The van der Waals surface area contributed by atoms with Crippen molar-refractivity contribution in [1.29, 1.82) is 0 Å². The summed E-state index contributed by atoms with van der Waals surface area (Å²) in [7, 11) is 0. The molecule has 128 valence electrons. The molecule has 0 heterocycles. The third-order valence-corrected chi connectivity index (χ3v) is 3.53. The number of aliphatic carboxylic acids is 1. The van der Waals surface area contributed by atoms with E-state index in [0.717, 1.165) is 70.6 Å². The van der Waals surface area contributed by atoms with Crippen LogP contribution in [0.3, 0.4) is 0 Å². The number of carboxylic acid groups (broad SMARTS) is 1. The van der Waals surface area contributed by atoms with Crippen molar-refractivity contribution < 1.29 is 20.0 Å². The van der Waals surface area contributed by atoms with Gasteiger partial charge in [0, 0.05) is 12.8 Å². The molecule has 0 fully saturated rings. The van der Waals surface area contributed by atoms with Gasteiger partial charge in [0.15, 0.2) is 0 Å². The molecule has 2 N–H and O–H groups in total. The van der Waals surface area contributed by atoms with E-state index >= 15 is 0 Å². The highest BCUT2D eigenvalue weighted by molar-refractivity contribution is 5.66. The lowest BCUT2D eigenvalue weighted by Gasteiger charge is -2.01. The van der Waals surface area contributed by atoms with Crippen LogP contribution in [-0.2, 0) is 9.68 Å². The summed E-state index contributed by atoms with van der Waals surface area (Å²) in [6, 6.07) is 0. The third kappa shape index (κ3) is 15.1. The largest absolute Gasteiger partial charge is 0.481 e. The molecular weight excluding hydrogens is 280 g/mol. The number of unbranched alkanes of at least 4 members (excludes halogenated alkanes) is 7. The Morgan fingerprint density at radius 1 is 0.909 bits per heavy atom. The molecule has 0 radical (unpaired) electrons. The van der Waals surface area contributed by atoms with Crippen molar-refractivity contribution in [3.63, 3.8) is 0 Å². The van der Waals surface area contributed by atoms with E-state index in [9.17, 15) is 4.79 Å². The predicted molar refractivity (Wildman–Crippen MR) is 89.7 cm³/mol. The fourth-order valence-corrected chi connectivity index (χ4v) is 2.18. The SMILES string of the molecule is CCCCC=C(CCC=CCCCCCCCC(=O)O)OO. The molecule has 0 aromatic heterocycles. The van der Waals surface area contributed by atoms with Crippen LogP contribution < -0.4 is 0 Å².